The van der Waals surface area contributed by atoms with Gasteiger partial charge in [0.05, 0.1) is 35.2 Å². The number of carbonyl (C=O) groups is 1. The molecule has 0 spiro atoms. The maximum Gasteiger partial charge on any atom is 0.242 e. The van der Waals surface area contributed by atoms with Gasteiger partial charge in [-0.05, 0) is 6.92 Å². The van der Waals surface area contributed by atoms with Gasteiger partial charge < -0.3 is 10.4 Å². The van der Waals surface area contributed by atoms with Gasteiger partial charge in [-0.1, -0.05) is 5.21 Å². The number of nitrogens with one attached hydrogen (secondary N) is 1. The van der Waals surface area contributed by atoms with E-state index in [0.717, 1.165) is 0 Å². The van der Waals surface area contributed by atoms with E-state index in [-0.39, 0.29) is 18.1 Å². The van der Waals surface area contributed by atoms with Crippen LogP contribution in [-0.4, -0.2) is 57.4 Å². The van der Waals surface area contributed by atoms with E-state index in [1.54, 1.807) is 0 Å². The molecule has 0 saturated carbocycles. The predicted octanol–water partition coefficient (Wildman–Crippen LogP) is -1.15. The Hall–Kier alpha value is -1.19. The Morgan fingerprint density at radius 3 is 2.85 bits per heavy atom. The highest BCUT2D eigenvalue weighted by Gasteiger charge is 2.37. The molecule has 2 heterocycles. The van der Waals surface area contributed by atoms with Crippen molar-refractivity contribution >= 4 is 27.3 Å². The monoisotopic (exact) mass is 322 g/mol. The van der Waals surface area contributed by atoms with Crippen molar-refractivity contribution in [2.45, 2.75) is 31.0 Å². The molecule has 20 heavy (non-hydrogen) atoms. The molecule has 0 radical (unpaired) electrons. The molecule has 1 aromatic heterocycles. The summed E-state index contributed by atoms with van der Waals surface area (Å²) in [5.41, 5.74) is 0.358. The van der Waals surface area contributed by atoms with E-state index < -0.39 is 33.3 Å². The van der Waals surface area contributed by atoms with Gasteiger partial charge >= 0.3 is 0 Å². The minimum atomic E-state index is -3.18. The van der Waals surface area contributed by atoms with Crippen molar-refractivity contribution in [1.29, 1.82) is 0 Å². The molecular formula is C10H15ClN4O4S. The molecule has 2 rings (SSSR count). The third kappa shape index (κ3) is 3.68. The number of rotatable bonds is 4. The molecule has 1 aliphatic heterocycles. The Morgan fingerprint density at radius 1 is 1.65 bits per heavy atom. The van der Waals surface area contributed by atoms with Crippen LogP contribution in [-0.2, 0) is 21.2 Å². The number of aliphatic hydroxyl groups excluding tert-OH is 1. The number of carbonyl (C=O) groups excluding carboxylic acids is 1. The highest BCUT2D eigenvalue weighted by molar-refractivity contribution is 7.91. The molecule has 1 aromatic rings. The van der Waals surface area contributed by atoms with E-state index in [4.69, 9.17) is 11.6 Å². The summed E-state index contributed by atoms with van der Waals surface area (Å²) in [6, 6.07) is -0.589. The van der Waals surface area contributed by atoms with E-state index in [2.05, 4.69) is 15.6 Å². The molecule has 1 aliphatic rings. The minimum Gasteiger partial charge on any atom is -0.387 e. The molecule has 112 valence electrons. The summed E-state index contributed by atoms with van der Waals surface area (Å²) in [4.78, 5) is 11.8. The van der Waals surface area contributed by atoms with Gasteiger partial charge in [0.25, 0.3) is 0 Å². The van der Waals surface area contributed by atoms with Crippen LogP contribution in [0.2, 0.25) is 0 Å². The summed E-state index contributed by atoms with van der Waals surface area (Å²) in [7, 11) is -3.18. The summed E-state index contributed by atoms with van der Waals surface area (Å²) in [6.07, 6.45) is 0.687. The zero-order valence-corrected chi connectivity index (χ0v) is 12.3. The van der Waals surface area contributed by atoms with Crippen LogP contribution in [0.15, 0.2) is 6.20 Å². The molecule has 8 nitrogen and oxygen atoms in total. The Bertz CT molecular complexity index is 600. The molecule has 0 bridgehead atoms. The van der Waals surface area contributed by atoms with Crippen LogP contribution in [0.5, 0.6) is 0 Å². The van der Waals surface area contributed by atoms with Crippen molar-refractivity contribution in [2.75, 3.05) is 11.5 Å². The van der Waals surface area contributed by atoms with Crippen molar-refractivity contribution < 1.29 is 18.3 Å². The van der Waals surface area contributed by atoms with Crippen LogP contribution in [0.3, 0.4) is 0 Å². The molecule has 1 saturated heterocycles. The quantitative estimate of drug-likeness (QED) is 0.677. The molecule has 0 aliphatic carbocycles. The lowest BCUT2D eigenvalue weighted by Gasteiger charge is -2.13. The fourth-order valence-corrected chi connectivity index (χ4v) is 4.47. The predicted molar refractivity (Wildman–Crippen MR) is 70.9 cm³/mol. The second kappa shape index (κ2) is 5.66. The molecule has 1 amide bonds. The Kier molecular flexibility index (Phi) is 4.31. The first-order valence-corrected chi connectivity index (χ1v) is 8.24. The summed E-state index contributed by atoms with van der Waals surface area (Å²) >= 11 is 5.89. The van der Waals surface area contributed by atoms with E-state index in [0.29, 0.717) is 5.69 Å². The second-order valence-electron chi connectivity index (χ2n) is 4.78. The Morgan fingerprint density at radius 2 is 2.35 bits per heavy atom. The van der Waals surface area contributed by atoms with Gasteiger partial charge in [-0.3, -0.25) is 4.79 Å². The van der Waals surface area contributed by atoms with Gasteiger partial charge in [0.2, 0.25) is 5.91 Å². The number of hydrogen-bond donors (Lipinski definition) is 2. The maximum absolute atomic E-state index is 11.8. The van der Waals surface area contributed by atoms with Gasteiger partial charge in [-0.25, -0.2) is 13.1 Å². The number of aromatic nitrogens is 3. The van der Waals surface area contributed by atoms with Crippen LogP contribution in [0.4, 0.5) is 0 Å². The molecule has 10 heteroatoms. The Balaban J connectivity index is 1.92. The summed E-state index contributed by atoms with van der Waals surface area (Å²) in [6.45, 7) is 1.43. The average Bonchev–Trinajstić information content (AvgIpc) is 2.84. The highest BCUT2D eigenvalue weighted by Crippen LogP contribution is 2.17. The van der Waals surface area contributed by atoms with Gasteiger partial charge in [-0.2, -0.15) is 0 Å². The molecule has 0 aromatic carbocycles. The fourth-order valence-electron chi connectivity index (χ4n) is 1.92. The second-order valence-corrected chi connectivity index (χ2v) is 7.50. The first-order valence-electron chi connectivity index (χ1n) is 5.99. The molecular weight excluding hydrogens is 308 g/mol. The summed E-state index contributed by atoms with van der Waals surface area (Å²) in [5, 5.41) is 18.6. The summed E-state index contributed by atoms with van der Waals surface area (Å²) < 4.78 is 24.0. The van der Waals surface area contributed by atoms with Crippen LogP contribution >= 0.6 is 11.6 Å². The van der Waals surface area contributed by atoms with Gasteiger partial charge in [0.1, 0.15) is 12.2 Å². The first kappa shape index (κ1) is 15.2. The molecule has 1 fully saturated rings. The molecule has 3 unspecified atom stereocenters. The van der Waals surface area contributed by atoms with Crippen molar-refractivity contribution in [2.24, 2.45) is 0 Å². The highest BCUT2D eigenvalue weighted by atomic mass is 35.5. The van der Waals surface area contributed by atoms with E-state index in [1.807, 2.05) is 0 Å². The van der Waals surface area contributed by atoms with Crippen LogP contribution in [0, 0.1) is 0 Å². The lowest BCUT2D eigenvalue weighted by Crippen LogP contribution is -2.42. The van der Waals surface area contributed by atoms with Crippen molar-refractivity contribution in [1.82, 2.24) is 20.3 Å². The van der Waals surface area contributed by atoms with Crippen LogP contribution < -0.4 is 5.32 Å². The first-order chi connectivity index (χ1) is 9.27. The Labute approximate surface area is 121 Å². The van der Waals surface area contributed by atoms with Crippen molar-refractivity contribution in [3.63, 3.8) is 0 Å². The van der Waals surface area contributed by atoms with Crippen LogP contribution in [0.1, 0.15) is 18.7 Å². The van der Waals surface area contributed by atoms with Crippen LogP contribution in [0.25, 0.3) is 0 Å². The third-order valence-corrected chi connectivity index (χ3v) is 5.30. The number of amides is 1. The van der Waals surface area contributed by atoms with Gasteiger partial charge in [-0.15, -0.1) is 16.7 Å². The number of hydrogen-bond acceptors (Lipinski definition) is 6. The third-order valence-electron chi connectivity index (χ3n) is 2.92. The van der Waals surface area contributed by atoms with Gasteiger partial charge in [0, 0.05) is 0 Å². The fraction of sp³-hybridized carbons (Fsp3) is 0.700. The van der Waals surface area contributed by atoms with E-state index in [9.17, 15) is 18.3 Å². The number of halogens is 1. The number of sulfone groups is 1. The smallest absolute Gasteiger partial charge is 0.242 e. The lowest BCUT2D eigenvalue weighted by atomic mass is 10.2. The normalized spacial score (nSPS) is 26.4. The molecule has 3 atom stereocenters. The summed E-state index contributed by atoms with van der Waals surface area (Å²) in [5.74, 6) is -0.683. The SMILES string of the molecule is CC(O)c1cn(CC(=O)NC2CS(=O)(=O)CC2Cl)nn1. The standard InChI is InChI=1S/C10H15ClN4O4S/c1-6(16)8-2-15(14-13-8)3-10(17)12-9-5-20(18,19)4-7(9)11/h2,6-7,9,16H,3-5H2,1H3,(H,12,17). The topological polar surface area (TPSA) is 114 Å². The van der Waals surface area contributed by atoms with Gasteiger partial charge in [0.15, 0.2) is 9.84 Å². The van der Waals surface area contributed by atoms with Crippen molar-refractivity contribution in [3.8, 4) is 0 Å². The largest absolute Gasteiger partial charge is 0.387 e. The van der Waals surface area contributed by atoms with Crippen molar-refractivity contribution in [3.05, 3.63) is 11.9 Å². The maximum atomic E-state index is 11.8. The zero-order chi connectivity index (χ0) is 14.9. The number of alkyl halides is 1. The zero-order valence-electron chi connectivity index (χ0n) is 10.7. The number of nitrogens with zero attached hydrogens (tertiary/aromatic N) is 3. The minimum absolute atomic E-state index is 0.111. The van der Waals surface area contributed by atoms with E-state index in [1.165, 1.54) is 17.8 Å². The average molecular weight is 323 g/mol. The lowest BCUT2D eigenvalue weighted by molar-refractivity contribution is -0.122. The molecule has 2 N–H and O–H groups in total. The van der Waals surface area contributed by atoms with E-state index >= 15 is 0 Å². The number of aliphatic hydroxyl groups is 1.